The number of esters is 2. The van der Waals surface area contributed by atoms with Gasteiger partial charge < -0.3 is 50.1 Å². The standard InChI is InChI=1S/C49H79O15P/c1-3-5-7-9-11-12-13-14-15-16-17-18-19-20-21-23-29-35-43(53)63-41(38-62-65(59,60)64-49-47(57)45(55)44(54)46(56)48(49)58)37-61-42(52)36-30-34-40(51)33-28-25-24-27-32-39(50)31-26-22-10-8-6-4-2/h11-12,14-15,17-18,20-22,24-28,32-33,39-41,44-51,54-58H,3-10,13,16,19,23,29-31,34-38H2,1-2H3,(H,59,60)/b12-11-,15-14-,18-17-,21-20-,25-24+,26-22-,32-27+,33-28-/t39-,40-,41-,44?,45-,46+,47-,48-,49?/m1/s1. The van der Waals surface area contributed by atoms with E-state index in [2.05, 4.69) is 56.4 Å². The van der Waals surface area contributed by atoms with Gasteiger partial charge in [0, 0.05) is 12.8 Å². The van der Waals surface area contributed by atoms with Crippen LogP contribution in [-0.2, 0) is 32.7 Å². The molecule has 0 amide bonds. The lowest BCUT2D eigenvalue weighted by atomic mass is 9.85. The molecule has 3 unspecified atom stereocenters. The monoisotopic (exact) mass is 939 g/mol. The summed E-state index contributed by atoms with van der Waals surface area (Å²) in [6.07, 6.45) is 29.4. The van der Waals surface area contributed by atoms with Gasteiger partial charge in [0.1, 0.15) is 43.2 Å². The Morgan fingerprint density at radius 3 is 1.60 bits per heavy atom. The van der Waals surface area contributed by atoms with Crippen LogP contribution in [0.3, 0.4) is 0 Å². The molecule has 0 spiro atoms. The van der Waals surface area contributed by atoms with E-state index in [1.54, 1.807) is 36.5 Å². The Hall–Kier alpha value is -3.31. The second-order valence-electron chi connectivity index (χ2n) is 15.9. The topological polar surface area (TPSA) is 250 Å². The molecule has 0 aromatic rings. The minimum Gasteiger partial charge on any atom is -0.462 e. The molecule has 1 rings (SSSR count). The molecule has 1 aliphatic rings. The van der Waals surface area contributed by atoms with Crippen molar-refractivity contribution >= 4 is 19.8 Å². The summed E-state index contributed by atoms with van der Waals surface area (Å²) in [7, 11) is -5.20. The maximum Gasteiger partial charge on any atom is 0.472 e. The lowest BCUT2D eigenvalue weighted by Crippen LogP contribution is -2.64. The van der Waals surface area contributed by atoms with Gasteiger partial charge >= 0.3 is 19.8 Å². The molecule has 65 heavy (non-hydrogen) atoms. The van der Waals surface area contributed by atoms with Crippen LogP contribution in [0.2, 0.25) is 0 Å². The quantitative estimate of drug-likeness (QED) is 0.0104. The highest BCUT2D eigenvalue weighted by atomic mass is 31.2. The number of carbonyl (C=O) groups is 2. The van der Waals surface area contributed by atoms with Crippen molar-refractivity contribution in [1.82, 2.24) is 0 Å². The average molecular weight is 939 g/mol. The highest BCUT2D eigenvalue weighted by molar-refractivity contribution is 7.47. The van der Waals surface area contributed by atoms with Crippen LogP contribution >= 0.6 is 7.82 Å². The molecule has 1 aliphatic carbocycles. The van der Waals surface area contributed by atoms with Crippen molar-refractivity contribution in [3.63, 3.8) is 0 Å². The second kappa shape index (κ2) is 37.7. The van der Waals surface area contributed by atoms with Crippen LogP contribution in [0, 0.1) is 0 Å². The Labute approximate surface area is 386 Å². The smallest absolute Gasteiger partial charge is 0.462 e. The minimum absolute atomic E-state index is 0.0377. The molecule has 10 atom stereocenters. The van der Waals surface area contributed by atoms with Gasteiger partial charge in [0.05, 0.1) is 18.8 Å². The maximum atomic E-state index is 12.8. The first-order valence-corrected chi connectivity index (χ1v) is 24.8. The van der Waals surface area contributed by atoms with Crippen molar-refractivity contribution in [2.45, 2.75) is 184 Å². The first-order chi connectivity index (χ1) is 31.2. The molecule has 0 aromatic carbocycles. The van der Waals surface area contributed by atoms with Crippen molar-refractivity contribution in [2.24, 2.45) is 0 Å². The second-order valence-corrected chi connectivity index (χ2v) is 17.4. The Balaban J connectivity index is 2.63. The summed E-state index contributed by atoms with van der Waals surface area (Å²) >= 11 is 0. The Morgan fingerprint density at radius 1 is 0.569 bits per heavy atom. The fraction of sp³-hybridized carbons (Fsp3) is 0.633. The lowest BCUT2D eigenvalue weighted by Gasteiger charge is -2.41. The molecule has 0 aromatic heterocycles. The predicted molar refractivity (Wildman–Crippen MR) is 251 cm³/mol. The van der Waals surface area contributed by atoms with Gasteiger partial charge in [0.25, 0.3) is 0 Å². The van der Waals surface area contributed by atoms with Crippen LogP contribution in [-0.4, -0.2) is 121 Å². The molecule has 8 N–H and O–H groups in total. The number of hydrogen-bond donors (Lipinski definition) is 8. The SMILES string of the molecule is CCCCC/C=C\C/C=C\C/C=C\C/C=C\CCCC(=O)O[C@H](COC(=O)CCC[C@H](O)\C=C/C=C/C=C/[C@H](O)C/C=C\CCCCC)COP(=O)(O)OC1[C@H](O)[C@H](O)C(O)[C@H](O)[C@H]1O. The summed E-state index contributed by atoms with van der Waals surface area (Å²) < 4.78 is 33.3. The predicted octanol–water partition coefficient (Wildman–Crippen LogP) is 6.99. The molecular weight excluding hydrogens is 859 g/mol. The van der Waals surface area contributed by atoms with Gasteiger partial charge in [-0.05, 0) is 77.0 Å². The number of hydrogen-bond acceptors (Lipinski definition) is 14. The van der Waals surface area contributed by atoms with Gasteiger partial charge in [-0.1, -0.05) is 137 Å². The van der Waals surface area contributed by atoms with Crippen LogP contribution in [0.15, 0.2) is 97.2 Å². The first-order valence-electron chi connectivity index (χ1n) is 23.3. The molecule has 0 bridgehead atoms. The zero-order valence-electron chi connectivity index (χ0n) is 38.5. The number of aliphatic hydroxyl groups excluding tert-OH is 7. The Bertz CT molecular complexity index is 1540. The van der Waals surface area contributed by atoms with Crippen molar-refractivity contribution in [2.75, 3.05) is 13.2 Å². The Kier molecular flexibility index (Phi) is 34.7. The Morgan fingerprint density at radius 2 is 1.05 bits per heavy atom. The van der Waals surface area contributed by atoms with Gasteiger partial charge in [0.15, 0.2) is 6.10 Å². The fourth-order valence-electron chi connectivity index (χ4n) is 6.24. The minimum atomic E-state index is -5.20. The number of carbonyl (C=O) groups excluding carboxylic acids is 2. The normalized spacial score (nSPS) is 23.3. The van der Waals surface area contributed by atoms with Gasteiger partial charge in [-0.2, -0.15) is 0 Å². The molecule has 1 saturated carbocycles. The number of unbranched alkanes of at least 4 members (excludes halogenated alkanes) is 7. The van der Waals surface area contributed by atoms with Crippen molar-refractivity contribution in [3.8, 4) is 0 Å². The van der Waals surface area contributed by atoms with Gasteiger partial charge in [-0.25, -0.2) is 4.57 Å². The average Bonchev–Trinajstić information content (AvgIpc) is 3.28. The summed E-state index contributed by atoms with van der Waals surface area (Å²) in [5.41, 5.74) is 0. The van der Waals surface area contributed by atoms with Crippen LogP contribution < -0.4 is 0 Å². The molecule has 1 fully saturated rings. The fourth-order valence-corrected chi connectivity index (χ4v) is 7.21. The van der Waals surface area contributed by atoms with Crippen molar-refractivity contribution in [3.05, 3.63) is 97.2 Å². The number of allylic oxidation sites excluding steroid dienone is 13. The van der Waals surface area contributed by atoms with Gasteiger partial charge in [0.2, 0.25) is 0 Å². The molecule has 0 aliphatic heterocycles. The molecule has 370 valence electrons. The third-order valence-corrected chi connectivity index (χ3v) is 11.1. The van der Waals surface area contributed by atoms with E-state index in [1.807, 2.05) is 18.2 Å². The maximum absolute atomic E-state index is 12.8. The molecule has 16 heteroatoms. The highest BCUT2D eigenvalue weighted by Crippen LogP contribution is 2.47. The summed E-state index contributed by atoms with van der Waals surface area (Å²) in [6.45, 7) is 2.93. The number of phosphoric acid groups is 1. The summed E-state index contributed by atoms with van der Waals surface area (Å²) in [5, 5.41) is 70.5. The number of phosphoric ester groups is 1. The van der Waals surface area contributed by atoms with E-state index in [-0.39, 0.29) is 25.7 Å². The first kappa shape index (κ1) is 59.7. The van der Waals surface area contributed by atoms with E-state index >= 15 is 0 Å². The van der Waals surface area contributed by atoms with E-state index in [9.17, 15) is 54.8 Å². The van der Waals surface area contributed by atoms with E-state index < -0.39 is 87.9 Å². The van der Waals surface area contributed by atoms with Crippen LogP contribution in [0.25, 0.3) is 0 Å². The third-order valence-electron chi connectivity index (χ3n) is 10.1. The highest BCUT2D eigenvalue weighted by Gasteiger charge is 2.51. The van der Waals surface area contributed by atoms with E-state index in [0.29, 0.717) is 19.3 Å². The van der Waals surface area contributed by atoms with Crippen molar-refractivity contribution in [1.29, 1.82) is 0 Å². The summed E-state index contributed by atoms with van der Waals surface area (Å²) in [4.78, 5) is 35.7. The van der Waals surface area contributed by atoms with Crippen LogP contribution in [0.4, 0.5) is 0 Å². The van der Waals surface area contributed by atoms with Crippen LogP contribution in [0.1, 0.15) is 129 Å². The van der Waals surface area contributed by atoms with E-state index in [0.717, 1.165) is 38.5 Å². The number of ether oxygens (including phenoxy) is 2. The molecule has 0 heterocycles. The third kappa shape index (κ3) is 30.6. The molecule has 0 saturated heterocycles. The van der Waals surface area contributed by atoms with Gasteiger partial charge in [-0.15, -0.1) is 0 Å². The molecule has 0 radical (unpaired) electrons. The summed E-state index contributed by atoms with van der Waals surface area (Å²) in [6, 6.07) is 0. The largest absolute Gasteiger partial charge is 0.472 e. The van der Waals surface area contributed by atoms with Crippen molar-refractivity contribution < 1.29 is 73.3 Å². The number of rotatable bonds is 36. The zero-order chi connectivity index (χ0) is 48.1. The zero-order valence-corrected chi connectivity index (χ0v) is 39.4. The van der Waals surface area contributed by atoms with Gasteiger partial charge in [-0.3, -0.25) is 18.6 Å². The van der Waals surface area contributed by atoms with E-state index in [1.165, 1.54) is 32.1 Å². The molecular formula is C49H79O15P. The van der Waals surface area contributed by atoms with E-state index in [4.69, 9.17) is 18.5 Å². The lowest BCUT2D eigenvalue weighted by molar-refractivity contribution is -0.220. The van der Waals surface area contributed by atoms with Crippen LogP contribution in [0.5, 0.6) is 0 Å². The number of aliphatic hydroxyl groups is 7. The molecule has 15 nitrogen and oxygen atoms in total. The summed E-state index contributed by atoms with van der Waals surface area (Å²) in [5.74, 6) is -1.42.